The zero-order chi connectivity index (χ0) is 13.7. The van der Waals surface area contributed by atoms with E-state index in [1.54, 1.807) is 12.1 Å². The van der Waals surface area contributed by atoms with E-state index in [9.17, 15) is 9.59 Å². The molecule has 0 aliphatic rings. The summed E-state index contributed by atoms with van der Waals surface area (Å²) in [6, 6.07) is 6.25. The Kier molecular flexibility index (Phi) is 5.58. The number of carboxylic acid groups (broad SMARTS) is 1. The van der Waals surface area contributed by atoms with Crippen LogP contribution in [-0.2, 0) is 4.79 Å². The molecule has 0 saturated carbocycles. The van der Waals surface area contributed by atoms with Crippen molar-refractivity contribution in [2.45, 2.75) is 26.3 Å². The second-order valence-electron chi connectivity index (χ2n) is 4.47. The number of rotatable bonds is 5. The molecule has 1 atom stereocenters. The Labute approximate surface area is 120 Å². The van der Waals surface area contributed by atoms with Gasteiger partial charge in [0.2, 0.25) is 0 Å². The first kappa shape index (κ1) is 14.9. The molecule has 5 heteroatoms. The highest BCUT2D eigenvalue weighted by atomic mass is 127. The molecule has 98 valence electrons. The predicted octanol–water partition coefficient (Wildman–Crippen LogP) is 2.52. The van der Waals surface area contributed by atoms with E-state index in [-0.39, 0.29) is 11.8 Å². The van der Waals surface area contributed by atoms with Crippen molar-refractivity contribution >= 4 is 34.5 Å². The summed E-state index contributed by atoms with van der Waals surface area (Å²) in [4.78, 5) is 23.1. The minimum absolute atomic E-state index is 0.209. The number of aliphatic carboxylic acids is 1. The molecule has 0 radical (unpaired) electrons. The molecule has 1 rings (SSSR count). The van der Waals surface area contributed by atoms with Gasteiger partial charge in [-0.25, -0.2) is 4.79 Å². The van der Waals surface area contributed by atoms with Crippen LogP contribution in [0.25, 0.3) is 0 Å². The SMILES string of the molecule is CC(C)CC(NC(=O)c1ccccc1I)C(=O)O. The standard InChI is InChI=1S/C13H16INO3/c1-8(2)7-11(13(17)18)15-12(16)9-5-3-4-6-10(9)14/h3-6,8,11H,7H2,1-2H3,(H,15,16)(H,17,18). The zero-order valence-electron chi connectivity index (χ0n) is 10.3. The first-order chi connectivity index (χ1) is 8.41. The third kappa shape index (κ3) is 4.29. The number of halogens is 1. The lowest BCUT2D eigenvalue weighted by Gasteiger charge is -2.16. The van der Waals surface area contributed by atoms with Gasteiger partial charge in [0.1, 0.15) is 6.04 Å². The molecule has 1 unspecified atom stereocenters. The summed E-state index contributed by atoms with van der Waals surface area (Å²) < 4.78 is 0.807. The third-order valence-electron chi connectivity index (χ3n) is 2.43. The summed E-state index contributed by atoms with van der Waals surface area (Å²) in [5.74, 6) is -1.13. The van der Waals surface area contributed by atoms with Crippen LogP contribution in [-0.4, -0.2) is 23.0 Å². The lowest BCUT2D eigenvalue weighted by atomic mass is 10.0. The van der Waals surface area contributed by atoms with Gasteiger partial charge in [-0.3, -0.25) is 4.79 Å². The highest BCUT2D eigenvalue weighted by molar-refractivity contribution is 14.1. The van der Waals surface area contributed by atoms with Crippen LogP contribution in [0.1, 0.15) is 30.6 Å². The quantitative estimate of drug-likeness (QED) is 0.793. The molecule has 1 aromatic rings. The van der Waals surface area contributed by atoms with Crippen LogP contribution in [0.2, 0.25) is 0 Å². The first-order valence-corrected chi connectivity index (χ1v) is 6.78. The molecule has 0 bridgehead atoms. The number of benzene rings is 1. The number of nitrogens with one attached hydrogen (secondary N) is 1. The van der Waals surface area contributed by atoms with Crippen molar-refractivity contribution in [1.29, 1.82) is 0 Å². The molecule has 0 spiro atoms. The van der Waals surface area contributed by atoms with Crippen molar-refractivity contribution < 1.29 is 14.7 Å². The van der Waals surface area contributed by atoms with Crippen molar-refractivity contribution in [1.82, 2.24) is 5.32 Å². The lowest BCUT2D eigenvalue weighted by Crippen LogP contribution is -2.41. The zero-order valence-corrected chi connectivity index (χ0v) is 12.5. The molecule has 0 fully saturated rings. The first-order valence-electron chi connectivity index (χ1n) is 5.70. The molecule has 4 nitrogen and oxygen atoms in total. The second-order valence-corrected chi connectivity index (χ2v) is 5.64. The van der Waals surface area contributed by atoms with E-state index in [0.29, 0.717) is 12.0 Å². The Morgan fingerprint density at radius 3 is 2.44 bits per heavy atom. The fourth-order valence-electron chi connectivity index (χ4n) is 1.57. The maximum Gasteiger partial charge on any atom is 0.326 e. The Balaban J connectivity index is 2.79. The Morgan fingerprint density at radius 2 is 1.94 bits per heavy atom. The fraction of sp³-hybridized carbons (Fsp3) is 0.385. The maximum atomic E-state index is 12.0. The molecular formula is C13H16INO3. The van der Waals surface area contributed by atoms with Crippen molar-refractivity contribution in [3.05, 3.63) is 33.4 Å². The van der Waals surface area contributed by atoms with Gasteiger partial charge in [0.25, 0.3) is 5.91 Å². The molecule has 1 aromatic carbocycles. The van der Waals surface area contributed by atoms with Crippen LogP contribution < -0.4 is 5.32 Å². The van der Waals surface area contributed by atoms with Gasteiger partial charge < -0.3 is 10.4 Å². The van der Waals surface area contributed by atoms with E-state index < -0.39 is 12.0 Å². The summed E-state index contributed by atoms with van der Waals surface area (Å²) >= 11 is 2.06. The van der Waals surface area contributed by atoms with E-state index in [1.165, 1.54) is 0 Å². The smallest absolute Gasteiger partial charge is 0.326 e. The number of hydrogen-bond donors (Lipinski definition) is 2. The number of carbonyl (C=O) groups excluding carboxylic acids is 1. The molecule has 0 aliphatic heterocycles. The van der Waals surface area contributed by atoms with Crippen LogP contribution >= 0.6 is 22.6 Å². The number of carbonyl (C=O) groups is 2. The Morgan fingerprint density at radius 1 is 1.33 bits per heavy atom. The highest BCUT2D eigenvalue weighted by Crippen LogP contribution is 2.12. The second kappa shape index (κ2) is 6.72. The van der Waals surface area contributed by atoms with Gasteiger partial charge in [0, 0.05) is 3.57 Å². The normalized spacial score (nSPS) is 12.2. The summed E-state index contributed by atoms with van der Waals surface area (Å²) in [6.45, 7) is 3.85. The van der Waals surface area contributed by atoms with Gasteiger partial charge >= 0.3 is 5.97 Å². The van der Waals surface area contributed by atoms with E-state index in [4.69, 9.17) is 5.11 Å². The monoisotopic (exact) mass is 361 g/mol. The molecule has 0 saturated heterocycles. The lowest BCUT2D eigenvalue weighted by molar-refractivity contribution is -0.139. The summed E-state index contributed by atoms with van der Waals surface area (Å²) in [6.07, 6.45) is 0.421. The average Bonchev–Trinajstić information content (AvgIpc) is 2.27. The van der Waals surface area contributed by atoms with Crippen molar-refractivity contribution in [2.24, 2.45) is 5.92 Å². The minimum atomic E-state index is -0.997. The third-order valence-corrected chi connectivity index (χ3v) is 3.37. The average molecular weight is 361 g/mol. The number of hydrogen-bond acceptors (Lipinski definition) is 2. The molecule has 0 heterocycles. The van der Waals surface area contributed by atoms with E-state index in [0.717, 1.165) is 3.57 Å². The van der Waals surface area contributed by atoms with Crippen LogP contribution in [0.15, 0.2) is 24.3 Å². The molecule has 0 aliphatic carbocycles. The van der Waals surface area contributed by atoms with Gasteiger partial charge in [-0.2, -0.15) is 0 Å². The maximum absolute atomic E-state index is 12.0. The highest BCUT2D eigenvalue weighted by Gasteiger charge is 2.22. The van der Waals surface area contributed by atoms with Gasteiger partial charge in [-0.05, 0) is 47.1 Å². The van der Waals surface area contributed by atoms with Crippen LogP contribution in [0.3, 0.4) is 0 Å². The summed E-state index contributed by atoms with van der Waals surface area (Å²) in [5, 5.41) is 11.6. The fourth-order valence-corrected chi connectivity index (χ4v) is 2.21. The Bertz CT molecular complexity index is 446. The topological polar surface area (TPSA) is 66.4 Å². The van der Waals surface area contributed by atoms with Crippen LogP contribution in [0.5, 0.6) is 0 Å². The minimum Gasteiger partial charge on any atom is -0.480 e. The van der Waals surface area contributed by atoms with Crippen molar-refractivity contribution in [2.75, 3.05) is 0 Å². The summed E-state index contributed by atoms with van der Waals surface area (Å²) in [7, 11) is 0. The molecule has 18 heavy (non-hydrogen) atoms. The number of carboxylic acids is 1. The van der Waals surface area contributed by atoms with Gasteiger partial charge in [0.15, 0.2) is 0 Å². The summed E-state index contributed by atoms with van der Waals surface area (Å²) in [5.41, 5.74) is 0.508. The predicted molar refractivity (Wildman–Crippen MR) is 77.5 cm³/mol. The largest absolute Gasteiger partial charge is 0.480 e. The number of amides is 1. The van der Waals surface area contributed by atoms with Gasteiger partial charge in [-0.15, -0.1) is 0 Å². The molecule has 0 aromatic heterocycles. The van der Waals surface area contributed by atoms with Gasteiger partial charge in [0.05, 0.1) is 5.56 Å². The van der Waals surface area contributed by atoms with Gasteiger partial charge in [-0.1, -0.05) is 26.0 Å². The molecular weight excluding hydrogens is 345 g/mol. The van der Waals surface area contributed by atoms with E-state index in [1.807, 2.05) is 26.0 Å². The van der Waals surface area contributed by atoms with E-state index >= 15 is 0 Å². The van der Waals surface area contributed by atoms with Crippen molar-refractivity contribution in [3.8, 4) is 0 Å². The van der Waals surface area contributed by atoms with Crippen LogP contribution in [0.4, 0.5) is 0 Å². The van der Waals surface area contributed by atoms with Crippen molar-refractivity contribution in [3.63, 3.8) is 0 Å². The van der Waals surface area contributed by atoms with Crippen LogP contribution in [0, 0.1) is 9.49 Å². The van der Waals surface area contributed by atoms with E-state index in [2.05, 4.69) is 27.9 Å². The molecule has 1 amide bonds. The molecule has 2 N–H and O–H groups in total. The Hall–Kier alpha value is -1.11.